The Hall–Kier alpha value is -1.55. The van der Waals surface area contributed by atoms with Gasteiger partial charge in [0.2, 0.25) is 0 Å². The first-order chi connectivity index (χ1) is 11.6. The average Bonchev–Trinajstić information content (AvgIpc) is 2.61. The molecule has 1 saturated heterocycles. The fraction of sp³-hybridized carbons (Fsp3) is 0.650. The first-order valence-corrected chi connectivity index (χ1v) is 9.41. The molecule has 1 aromatic carbocycles. The van der Waals surface area contributed by atoms with Crippen LogP contribution in [0.25, 0.3) is 0 Å². The zero-order valence-electron chi connectivity index (χ0n) is 15.8. The van der Waals surface area contributed by atoms with Gasteiger partial charge in [-0.15, -0.1) is 0 Å². The lowest BCUT2D eigenvalue weighted by Crippen LogP contribution is -2.50. The number of aryl methyl sites for hydroxylation is 1. The Morgan fingerprint density at radius 1 is 1.17 bits per heavy atom. The van der Waals surface area contributed by atoms with Gasteiger partial charge in [-0.05, 0) is 50.7 Å². The molecule has 0 aliphatic carbocycles. The van der Waals surface area contributed by atoms with Crippen LogP contribution >= 0.6 is 0 Å². The second-order valence-corrected chi connectivity index (χ2v) is 6.97. The second kappa shape index (κ2) is 9.67. The van der Waals surface area contributed by atoms with E-state index in [1.54, 1.807) is 0 Å². The van der Waals surface area contributed by atoms with Crippen molar-refractivity contribution in [1.82, 2.24) is 15.5 Å². The fourth-order valence-electron chi connectivity index (χ4n) is 3.22. The van der Waals surface area contributed by atoms with E-state index in [0.29, 0.717) is 12.1 Å². The van der Waals surface area contributed by atoms with E-state index in [2.05, 4.69) is 65.6 Å². The third-order valence-corrected chi connectivity index (χ3v) is 4.96. The van der Waals surface area contributed by atoms with E-state index in [9.17, 15) is 0 Å². The molecule has 0 radical (unpaired) electrons. The molecule has 1 aliphatic heterocycles. The van der Waals surface area contributed by atoms with Crippen molar-refractivity contribution in [2.75, 3.05) is 26.7 Å². The third-order valence-electron chi connectivity index (χ3n) is 4.96. The molecule has 0 saturated carbocycles. The number of likely N-dealkylation sites (tertiary alicyclic amines) is 1. The quantitative estimate of drug-likeness (QED) is 0.622. The van der Waals surface area contributed by atoms with Crippen molar-refractivity contribution in [3.8, 4) is 0 Å². The SMILES string of the molecule is CCc1ccc(CCNC(=NC)NC2CCN(C(C)C)CC2)cc1. The Balaban J connectivity index is 1.70. The standard InChI is InChI=1S/C20H34N4/c1-5-17-6-8-18(9-7-17)10-13-22-20(21-4)23-19-11-14-24(15-12-19)16(2)3/h6-9,16,19H,5,10-15H2,1-4H3,(H2,21,22,23). The summed E-state index contributed by atoms with van der Waals surface area (Å²) in [6, 6.07) is 10.1. The van der Waals surface area contributed by atoms with Crippen LogP contribution in [-0.2, 0) is 12.8 Å². The van der Waals surface area contributed by atoms with Crippen molar-refractivity contribution in [3.05, 3.63) is 35.4 Å². The normalized spacial score (nSPS) is 17.3. The first kappa shape index (κ1) is 18.8. The summed E-state index contributed by atoms with van der Waals surface area (Å²) in [5, 5.41) is 7.03. The van der Waals surface area contributed by atoms with Crippen LogP contribution in [0.15, 0.2) is 29.3 Å². The highest BCUT2D eigenvalue weighted by atomic mass is 15.2. The number of nitrogens with one attached hydrogen (secondary N) is 2. The molecule has 0 unspecified atom stereocenters. The molecule has 0 spiro atoms. The number of hydrogen-bond acceptors (Lipinski definition) is 2. The Morgan fingerprint density at radius 3 is 2.33 bits per heavy atom. The maximum absolute atomic E-state index is 4.38. The highest BCUT2D eigenvalue weighted by Gasteiger charge is 2.21. The number of hydrogen-bond donors (Lipinski definition) is 2. The summed E-state index contributed by atoms with van der Waals surface area (Å²) in [7, 11) is 1.86. The summed E-state index contributed by atoms with van der Waals surface area (Å²) in [6.07, 6.45) is 4.51. The maximum Gasteiger partial charge on any atom is 0.191 e. The largest absolute Gasteiger partial charge is 0.356 e. The molecular formula is C20H34N4. The second-order valence-electron chi connectivity index (χ2n) is 6.97. The van der Waals surface area contributed by atoms with Gasteiger partial charge in [0, 0.05) is 38.8 Å². The molecule has 4 nitrogen and oxygen atoms in total. The van der Waals surface area contributed by atoms with Gasteiger partial charge in [0.1, 0.15) is 0 Å². The van der Waals surface area contributed by atoms with Gasteiger partial charge in [0.25, 0.3) is 0 Å². The van der Waals surface area contributed by atoms with Crippen LogP contribution in [0.4, 0.5) is 0 Å². The molecule has 1 heterocycles. The number of nitrogens with zero attached hydrogens (tertiary/aromatic N) is 2. The van der Waals surface area contributed by atoms with Crippen LogP contribution < -0.4 is 10.6 Å². The van der Waals surface area contributed by atoms with Gasteiger partial charge in [-0.25, -0.2) is 0 Å². The Labute approximate surface area is 147 Å². The number of piperidine rings is 1. The number of rotatable bonds is 6. The number of aliphatic imine (C=N–C) groups is 1. The van der Waals surface area contributed by atoms with E-state index in [-0.39, 0.29) is 0 Å². The molecule has 2 N–H and O–H groups in total. The minimum atomic E-state index is 0.537. The summed E-state index contributed by atoms with van der Waals surface area (Å²) in [4.78, 5) is 6.93. The van der Waals surface area contributed by atoms with Crippen LogP contribution in [0.5, 0.6) is 0 Å². The lowest BCUT2D eigenvalue weighted by molar-refractivity contribution is 0.167. The van der Waals surface area contributed by atoms with Crippen LogP contribution in [0, 0.1) is 0 Å². The van der Waals surface area contributed by atoms with Gasteiger partial charge in [-0.1, -0.05) is 31.2 Å². The number of benzene rings is 1. The highest BCUT2D eigenvalue weighted by Crippen LogP contribution is 2.12. The summed E-state index contributed by atoms with van der Waals surface area (Å²) < 4.78 is 0. The summed E-state index contributed by atoms with van der Waals surface area (Å²) >= 11 is 0. The number of guanidine groups is 1. The van der Waals surface area contributed by atoms with E-state index in [0.717, 1.165) is 25.3 Å². The van der Waals surface area contributed by atoms with Gasteiger partial charge in [-0.3, -0.25) is 4.99 Å². The summed E-state index contributed by atoms with van der Waals surface area (Å²) in [5.74, 6) is 0.933. The molecule has 1 aliphatic rings. The van der Waals surface area contributed by atoms with Crippen LogP contribution in [-0.4, -0.2) is 49.6 Å². The molecule has 1 fully saturated rings. The fourth-order valence-corrected chi connectivity index (χ4v) is 3.22. The van der Waals surface area contributed by atoms with E-state index < -0.39 is 0 Å². The van der Waals surface area contributed by atoms with Crippen LogP contribution in [0.3, 0.4) is 0 Å². The molecule has 2 rings (SSSR count). The minimum Gasteiger partial charge on any atom is -0.356 e. The molecule has 0 atom stereocenters. The highest BCUT2D eigenvalue weighted by molar-refractivity contribution is 5.79. The molecule has 24 heavy (non-hydrogen) atoms. The van der Waals surface area contributed by atoms with Gasteiger partial charge in [0.05, 0.1) is 0 Å². The van der Waals surface area contributed by atoms with Crippen LogP contribution in [0.2, 0.25) is 0 Å². The van der Waals surface area contributed by atoms with Crippen molar-refractivity contribution < 1.29 is 0 Å². The molecule has 0 amide bonds. The lowest BCUT2D eigenvalue weighted by Gasteiger charge is -2.35. The zero-order valence-corrected chi connectivity index (χ0v) is 15.8. The van der Waals surface area contributed by atoms with Crippen molar-refractivity contribution in [2.45, 2.75) is 58.5 Å². The maximum atomic E-state index is 4.38. The van der Waals surface area contributed by atoms with E-state index in [1.807, 2.05) is 7.05 Å². The van der Waals surface area contributed by atoms with E-state index >= 15 is 0 Å². The van der Waals surface area contributed by atoms with Gasteiger partial charge >= 0.3 is 0 Å². The molecule has 0 aromatic heterocycles. The van der Waals surface area contributed by atoms with E-state index in [1.165, 1.54) is 37.1 Å². The van der Waals surface area contributed by atoms with Crippen molar-refractivity contribution in [3.63, 3.8) is 0 Å². The summed E-state index contributed by atoms with van der Waals surface area (Å²) in [5.41, 5.74) is 2.78. The average molecular weight is 331 g/mol. The molecule has 4 heteroatoms. The minimum absolute atomic E-state index is 0.537. The Bertz CT molecular complexity index is 499. The van der Waals surface area contributed by atoms with Crippen molar-refractivity contribution in [2.24, 2.45) is 4.99 Å². The van der Waals surface area contributed by atoms with Gasteiger partial charge in [-0.2, -0.15) is 0 Å². The molecular weight excluding hydrogens is 296 g/mol. The van der Waals surface area contributed by atoms with Crippen molar-refractivity contribution >= 4 is 5.96 Å². The predicted octanol–water partition coefficient (Wildman–Crippen LogP) is 2.83. The monoisotopic (exact) mass is 330 g/mol. The molecule has 134 valence electrons. The molecule has 1 aromatic rings. The van der Waals surface area contributed by atoms with E-state index in [4.69, 9.17) is 0 Å². The predicted molar refractivity (Wildman–Crippen MR) is 104 cm³/mol. The first-order valence-electron chi connectivity index (χ1n) is 9.41. The smallest absolute Gasteiger partial charge is 0.191 e. The van der Waals surface area contributed by atoms with Crippen molar-refractivity contribution in [1.29, 1.82) is 0 Å². The molecule has 0 bridgehead atoms. The lowest BCUT2D eigenvalue weighted by atomic mass is 10.0. The Morgan fingerprint density at radius 2 is 1.79 bits per heavy atom. The van der Waals surface area contributed by atoms with Crippen LogP contribution in [0.1, 0.15) is 44.7 Å². The Kier molecular flexibility index (Phi) is 7.57. The summed E-state index contributed by atoms with van der Waals surface area (Å²) in [6.45, 7) is 10.0. The third kappa shape index (κ3) is 5.82. The topological polar surface area (TPSA) is 39.7 Å². The zero-order chi connectivity index (χ0) is 17.4. The van der Waals surface area contributed by atoms with Gasteiger partial charge in [0.15, 0.2) is 5.96 Å². The van der Waals surface area contributed by atoms with Gasteiger partial charge < -0.3 is 15.5 Å².